The summed E-state index contributed by atoms with van der Waals surface area (Å²) < 4.78 is 6.70. The fourth-order valence-corrected chi connectivity index (χ4v) is 6.21. The molecule has 1 atom stereocenters. The second-order valence-electron chi connectivity index (χ2n) is 7.73. The Kier molecular flexibility index (Phi) is 6.78. The van der Waals surface area contributed by atoms with Crippen LogP contribution in [-0.2, 0) is 19.7 Å². The van der Waals surface area contributed by atoms with E-state index < -0.39 is 0 Å². The molecule has 2 aliphatic rings. The van der Waals surface area contributed by atoms with Crippen molar-refractivity contribution in [2.45, 2.75) is 29.9 Å². The van der Waals surface area contributed by atoms with Gasteiger partial charge in [0.1, 0.15) is 0 Å². The third kappa shape index (κ3) is 4.65. The van der Waals surface area contributed by atoms with Gasteiger partial charge in [0.05, 0.1) is 22.8 Å². The summed E-state index contributed by atoms with van der Waals surface area (Å²) in [5, 5.41) is 3.36. The molecule has 1 saturated heterocycles. The SMILES string of the molecule is CCOC(=O)CSc1cnc(NC(=O)N2CC3(CCN(C(C)=O)C3)c3cc(Br)ccc32)s1. The van der Waals surface area contributed by atoms with E-state index in [1.54, 1.807) is 24.9 Å². The molecule has 1 aromatic heterocycles. The Morgan fingerprint density at radius 3 is 2.88 bits per heavy atom. The van der Waals surface area contributed by atoms with E-state index in [-0.39, 0.29) is 29.1 Å². The Labute approximate surface area is 202 Å². The number of aromatic nitrogens is 1. The summed E-state index contributed by atoms with van der Waals surface area (Å²) in [5.41, 5.74) is 1.66. The number of urea groups is 1. The number of fused-ring (bicyclic) bond motifs is 2. The van der Waals surface area contributed by atoms with Gasteiger partial charge in [0.15, 0.2) is 5.13 Å². The maximum absolute atomic E-state index is 13.2. The molecule has 8 nitrogen and oxygen atoms in total. The van der Waals surface area contributed by atoms with Crippen LogP contribution in [0.1, 0.15) is 25.8 Å². The first kappa shape index (κ1) is 23.1. The average Bonchev–Trinajstić information content (AvgIpc) is 3.46. The number of ether oxygens (including phenoxy) is 1. The number of likely N-dealkylation sites (tertiary alicyclic amines) is 1. The summed E-state index contributed by atoms with van der Waals surface area (Å²) in [5.74, 6) is -0.0257. The highest BCUT2D eigenvalue weighted by Gasteiger charge is 2.49. The lowest BCUT2D eigenvalue weighted by Crippen LogP contribution is -2.41. The van der Waals surface area contributed by atoms with Gasteiger partial charge in [-0.3, -0.25) is 19.8 Å². The lowest BCUT2D eigenvalue weighted by atomic mass is 9.81. The summed E-state index contributed by atoms with van der Waals surface area (Å²) in [6, 6.07) is 5.65. The van der Waals surface area contributed by atoms with Crippen molar-refractivity contribution in [2.75, 3.05) is 42.2 Å². The first-order chi connectivity index (χ1) is 15.3. The van der Waals surface area contributed by atoms with E-state index >= 15 is 0 Å². The van der Waals surface area contributed by atoms with E-state index in [1.165, 1.54) is 23.1 Å². The highest BCUT2D eigenvalue weighted by Crippen LogP contribution is 2.47. The minimum absolute atomic E-state index is 0.0527. The molecule has 1 unspecified atom stereocenters. The normalized spacial score (nSPS) is 19.3. The van der Waals surface area contributed by atoms with E-state index in [2.05, 4.69) is 32.3 Å². The highest BCUT2D eigenvalue weighted by molar-refractivity contribution is 9.10. The van der Waals surface area contributed by atoms with Gasteiger partial charge in [0, 0.05) is 42.1 Å². The predicted octanol–water partition coefficient (Wildman–Crippen LogP) is 4.10. The quantitative estimate of drug-likeness (QED) is 0.455. The van der Waals surface area contributed by atoms with Crippen LogP contribution in [0, 0.1) is 0 Å². The minimum atomic E-state index is -0.280. The van der Waals surface area contributed by atoms with Crippen LogP contribution in [0.3, 0.4) is 0 Å². The van der Waals surface area contributed by atoms with Gasteiger partial charge in [-0.05, 0) is 37.1 Å². The molecule has 0 bridgehead atoms. The molecule has 3 amide bonds. The van der Waals surface area contributed by atoms with Crippen molar-refractivity contribution in [3.8, 4) is 0 Å². The second-order valence-corrected chi connectivity index (χ2v) is 10.9. The van der Waals surface area contributed by atoms with Crippen LogP contribution in [-0.4, -0.2) is 59.8 Å². The van der Waals surface area contributed by atoms with Crippen molar-refractivity contribution in [1.82, 2.24) is 9.88 Å². The number of amides is 3. The zero-order valence-electron chi connectivity index (χ0n) is 17.7. The fraction of sp³-hybridized carbons (Fsp3) is 0.429. The molecule has 0 radical (unpaired) electrons. The van der Waals surface area contributed by atoms with E-state index in [4.69, 9.17) is 4.74 Å². The van der Waals surface area contributed by atoms with Crippen LogP contribution in [0.25, 0.3) is 0 Å². The number of hydrogen-bond acceptors (Lipinski definition) is 7. The highest BCUT2D eigenvalue weighted by atomic mass is 79.9. The molecule has 170 valence electrons. The molecule has 2 aromatic rings. The Bertz CT molecular complexity index is 1060. The molecular weight excluding hydrogens is 516 g/mol. The molecule has 1 fully saturated rings. The van der Waals surface area contributed by atoms with Gasteiger partial charge in [0.2, 0.25) is 5.91 Å². The number of esters is 1. The maximum Gasteiger partial charge on any atom is 0.328 e. The molecule has 2 aliphatic heterocycles. The zero-order chi connectivity index (χ0) is 22.9. The summed E-state index contributed by atoms with van der Waals surface area (Å²) in [6.45, 7) is 5.49. The van der Waals surface area contributed by atoms with Gasteiger partial charge in [-0.2, -0.15) is 0 Å². The number of nitrogens with one attached hydrogen (secondary N) is 1. The van der Waals surface area contributed by atoms with Gasteiger partial charge in [-0.15, -0.1) is 11.8 Å². The average molecular weight is 539 g/mol. The van der Waals surface area contributed by atoms with E-state index in [9.17, 15) is 14.4 Å². The van der Waals surface area contributed by atoms with Crippen LogP contribution >= 0.6 is 39.0 Å². The molecule has 4 rings (SSSR count). The number of benzene rings is 1. The molecule has 3 heterocycles. The van der Waals surface area contributed by atoms with E-state index in [0.29, 0.717) is 31.4 Å². The van der Waals surface area contributed by atoms with Gasteiger partial charge >= 0.3 is 12.0 Å². The number of anilines is 2. The summed E-state index contributed by atoms with van der Waals surface area (Å²) in [4.78, 5) is 44.5. The molecule has 11 heteroatoms. The Morgan fingerprint density at radius 1 is 1.34 bits per heavy atom. The van der Waals surface area contributed by atoms with Crippen LogP contribution in [0.5, 0.6) is 0 Å². The third-order valence-electron chi connectivity index (χ3n) is 5.66. The first-order valence-corrected chi connectivity index (χ1v) is 12.8. The Hall–Kier alpha value is -2.11. The number of halogens is 1. The van der Waals surface area contributed by atoms with Gasteiger partial charge < -0.3 is 9.64 Å². The minimum Gasteiger partial charge on any atom is -0.465 e. The number of nitrogens with zero attached hydrogens (tertiary/aromatic N) is 3. The standard InChI is InChI=1S/C21H23BrN4O4S2/c1-3-30-17(28)10-31-18-9-23-19(32-18)24-20(29)26-12-21(6-7-25(11-21)13(2)27)15-8-14(22)4-5-16(15)26/h4-5,8-9H,3,6-7,10-12H2,1-2H3,(H,23,24,29). The Morgan fingerprint density at radius 2 is 2.16 bits per heavy atom. The van der Waals surface area contributed by atoms with Gasteiger partial charge in [0.25, 0.3) is 0 Å². The zero-order valence-corrected chi connectivity index (χ0v) is 20.9. The van der Waals surface area contributed by atoms with Crippen LogP contribution in [0.2, 0.25) is 0 Å². The van der Waals surface area contributed by atoms with Gasteiger partial charge in [-0.25, -0.2) is 9.78 Å². The first-order valence-electron chi connectivity index (χ1n) is 10.2. The lowest BCUT2D eigenvalue weighted by Gasteiger charge is -2.25. The topological polar surface area (TPSA) is 91.8 Å². The molecule has 0 saturated carbocycles. The number of thioether (sulfide) groups is 1. The fourth-order valence-electron chi connectivity index (χ4n) is 4.19. The van der Waals surface area contributed by atoms with E-state index in [0.717, 1.165) is 26.4 Å². The molecule has 1 aromatic carbocycles. The Balaban J connectivity index is 1.48. The van der Waals surface area contributed by atoms with Crippen molar-refractivity contribution < 1.29 is 19.1 Å². The number of hydrogen-bond donors (Lipinski definition) is 1. The van der Waals surface area contributed by atoms with Crippen molar-refractivity contribution in [1.29, 1.82) is 0 Å². The monoisotopic (exact) mass is 538 g/mol. The predicted molar refractivity (Wildman–Crippen MR) is 129 cm³/mol. The third-order valence-corrected chi connectivity index (χ3v) is 8.24. The van der Waals surface area contributed by atoms with Crippen molar-refractivity contribution in [2.24, 2.45) is 0 Å². The van der Waals surface area contributed by atoms with Gasteiger partial charge in [-0.1, -0.05) is 27.3 Å². The van der Waals surface area contributed by atoms with Crippen molar-refractivity contribution in [3.63, 3.8) is 0 Å². The molecule has 1 spiro atoms. The summed E-state index contributed by atoms with van der Waals surface area (Å²) >= 11 is 6.19. The van der Waals surface area contributed by atoms with Crippen molar-refractivity contribution >= 4 is 67.8 Å². The van der Waals surface area contributed by atoms with Crippen LogP contribution in [0.15, 0.2) is 33.1 Å². The van der Waals surface area contributed by atoms with Crippen molar-refractivity contribution in [3.05, 3.63) is 34.4 Å². The molecule has 0 aliphatic carbocycles. The van der Waals surface area contributed by atoms with Crippen LogP contribution < -0.4 is 10.2 Å². The number of carbonyl (C=O) groups is 3. The number of carbonyl (C=O) groups excluding carboxylic acids is 3. The number of rotatable bonds is 5. The lowest BCUT2D eigenvalue weighted by molar-refractivity contribution is -0.139. The van der Waals surface area contributed by atoms with Crippen LogP contribution in [0.4, 0.5) is 15.6 Å². The largest absolute Gasteiger partial charge is 0.465 e. The summed E-state index contributed by atoms with van der Waals surface area (Å²) in [6.07, 6.45) is 2.45. The molecular formula is C21H23BrN4O4S2. The summed E-state index contributed by atoms with van der Waals surface area (Å²) in [7, 11) is 0. The smallest absolute Gasteiger partial charge is 0.328 e. The molecule has 32 heavy (non-hydrogen) atoms. The maximum atomic E-state index is 13.2. The molecule has 1 N–H and O–H groups in total. The van der Waals surface area contributed by atoms with E-state index in [1.807, 2.05) is 17.0 Å². The number of thiazole rings is 1. The second kappa shape index (κ2) is 9.40.